The molecule has 2 fully saturated rings. The number of likely N-dealkylation sites (tertiary alicyclic amines) is 1. The van der Waals surface area contributed by atoms with Crippen molar-refractivity contribution < 1.29 is 0 Å². The van der Waals surface area contributed by atoms with Crippen LogP contribution in [-0.2, 0) is 0 Å². The first-order valence-electron chi connectivity index (χ1n) is 8.38. The molecule has 1 unspecified atom stereocenters. The maximum atomic E-state index is 3.59. The molecule has 0 spiro atoms. The molecule has 0 aliphatic carbocycles. The molecule has 2 aliphatic heterocycles. The van der Waals surface area contributed by atoms with E-state index in [4.69, 9.17) is 0 Å². The average Bonchev–Trinajstić information content (AvgIpc) is 2.77. The van der Waals surface area contributed by atoms with Crippen molar-refractivity contribution in [3.8, 4) is 0 Å². The molecule has 2 rings (SSSR count). The van der Waals surface area contributed by atoms with Gasteiger partial charge in [0.15, 0.2) is 0 Å². The molecule has 0 bridgehead atoms. The minimum atomic E-state index is 0.502. The first kappa shape index (κ1) is 15.3. The van der Waals surface area contributed by atoms with E-state index >= 15 is 0 Å². The molecule has 2 saturated heterocycles. The Morgan fingerprint density at radius 2 is 1.89 bits per heavy atom. The largest absolute Gasteiger partial charge is 0.316 e. The minimum absolute atomic E-state index is 0.502. The molecule has 0 radical (unpaired) electrons. The Morgan fingerprint density at radius 1 is 1.21 bits per heavy atom. The van der Waals surface area contributed by atoms with Gasteiger partial charge in [-0.25, -0.2) is 0 Å². The lowest BCUT2D eigenvalue weighted by molar-refractivity contribution is 0.0762. The smallest absolute Gasteiger partial charge is 0.00506 e. The predicted octanol–water partition coefficient (Wildman–Crippen LogP) is 3.52. The third-order valence-corrected chi connectivity index (χ3v) is 5.48. The molecule has 1 atom stereocenters. The summed E-state index contributed by atoms with van der Waals surface area (Å²) in [5.74, 6) is 0.924. The topological polar surface area (TPSA) is 15.3 Å². The SMILES string of the molecule is CCCC1(CN2CCC(C(C)(C)C)CC2)CCNC1. The van der Waals surface area contributed by atoms with Crippen LogP contribution in [0.15, 0.2) is 0 Å². The molecular formula is C17H34N2. The Morgan fingerprint density at radius 3 is 2.37 bits per heavy atom. The molecule has 1 N–H and O–H groups in total. The van der Waals surface area contributed by atoms with Gasteiger partial charge in [-0.05, 0) is 62.1 Å². The quantitative estimate of drug-likeness (QED) is 0.837. The van der Waals surface area contributed by atoms with Gasteiger partial charge >= 0.3 is 0 Å². The molecular weight excluding hydrogens is 232 g/mol. The molecule has 0 aromatic carbocycles. The molecule has 112 valence electrons. The second-order valence-electron chi connectivity index (χ2n) is 8.09. The molecule has 2 heterocycles. The van der Waals surface area contributed by atoms with Crippen LogP contribution in [0.4, 0.5) is 0 Å². The first-order valence-corrected chi connectivity index (χ1v) is 8.38. The van der Waals surface area contributed by atoms with Crippen molar-refractivity contribution in [2.45, 2.75) is 59.8 Å². The van der Waals surface area contributed by atoms with Crippen molar-refractivity contribution in [3.63, 3.8) is 0 Å². The summed E-state index contributed by atoms with van der Waals surface area (Å²) < 4.78 is 0. The third-order valence-electron chi connectivity index (χ3n) is 5.48. The zero-order valence-electron chi connectivity index (χ0n) is 13.6. The van der Waals surface area contributed by atoms with Crippen LogP contribution in [0, 0.1) is 16.7 Å². The van der Waals surface area contributed by atoms with E-state index in [1.54, 1.807) is 0 Å². The molecule has 2 aliphatic rings. The number of nitrogens with zero attached hydrogens (tertiary/aromatic N) is 1. The van der Waals surface area contributed by atoms with Crippen LogP contribution in [0.3, 0.4) is 0 Å². The van der Waals surface area contributed by atoms with Crippen LogP contribution in [0.2, 0.25) is 0 Å². The highest BCUT2D eigenvalue weighted by atomic mass is 15.1. The second-order valence-corrected chi connectivity index (χ2v) is 8.09. The first-order chi connectivity index (χ1) is 8.95. The Kier molecular flexibility index (Phi) is 4.94. The minimum Gasteiger partial charge on any atom is -0.316 e. The van der Waals surface area contributed by atoms with Gasteiger partial charge in [0.05, 0.1) is 0 Å². The fraction of sp³-hybridized carbons (Fsp3) is 1.00. The van der Waals surface area contributed by atoms with E-state index in [-0.39, 0.29) is 0 Å². The van der Waals surface area contributed by atoms with Crippen molar-refractivity contribution in [1.82, 2.24) is 10.2 Å². The molecule has 0 aromatic heterocycles. The second kappa shape index (κ2) is 6.13. The maximum Gasteiger partial charge on any atom is 0.00506 e. The van der Waals surface area contributed by atoms with Crippen LogP contribution in [0.5, 0.6) is 0 Å². The van der Waals surface area contributed by atoms with Gasteiger partial charge in [0.25, 0.3) is 0 Å². The molecule has 0 aromatic rings. The van der Waals surface area contributed by atoms with E-state index in [1.165, 1.54) is 64.8 Å². The van der Waals surface area contributed by atoms with E-state index in [9.17, 15) is 0 Å². The highest BCUT2D eigenvalue weighted by Gasteiger charge is 2.36. The molecule has 19 heavy (non-hydrogen) atoms. The van der Waals surface area contributed by atoms with Gasteiger partial charge in [-0.15, -0.1) is 0 Å². The van der Waals surface area contributed by atoms with Crippen molar-refractivity contribution in [2.75, 3.05) is 32.7 Å². The lowest BCUT2D eigenvalue weighted by Gasteiger charge is -2.42. The van der Waals surface area contributed by atoms with Gasteiger partial charge in [-0.2, -0.15) is 0 Å². The van der Waals surface area contributed by atoms with Gasteiger partial charge in [-0.1, -0.05) is 34.1 Å². The van der Waals surface area contributed by atoms with Gasteiger partial charge in [-0.3, -0.25) is 0 Å². The van der Waals surface area contributed by atoms with Gasteiger partial charge in [0.2, 0.25) is 0 Å². The van der Waals surface area contributed by atoms with Crippen molar-refractivity contribution in [2.24, 2.45) is 16.7 Å². The molecule has 0 amide bonds. The number of rotatable bonds is 4. The molecule has 2 nitrogen and oxygen atoms in total. The zero-order chi connectivity index (χ0) is 13.9. The Labute approximate surface area is 120 Å². The van der Waals surface area contributed by atoms with E-state index in [0.717, 1.165) is 5.92 Å². The Bertz CT molecular complexity index is 265. The van der Waals surface area contributed by atoms with Crippen LogP contribution in [0.25, 0.3) is 0 Å². The summed E-state index contributed by atoms with van der Waals surface area (Å²) >= 11 is 0. The van der Waals surface area contributed by atoms with Crippen molar-refractivity contribution in [1.29, 1.82) is 0 Å². The van der Waals surface area contributed by atoms with Crippen molar-refractivity contribution in [3.05, 3.63) is 0 Å². The average molecular weight is 266 g/mol. The summed E-state index contributed by atoms with van der Waals surface area (Å²) in [6.07, 6.45) is 6.93. The third kappa shape index (κ3) is 3.95. The zero-order valence-corrected chi connectivity index (χ0v) is 13.6. The molecule has 0 saturated carbocycles. The monoisotopic (exact) mass is 266 g/mol. The lowest BCUT2D eigenvalue weighted by atomic mass is 9.74. The summed E-state index contributed by atoms with van der Waals surface area (Å²) in [7, 11) is 0. The number of nitrogens with one attached hydrogen (secondary N) is 1. The highest BCUT2D eigenvalue weighted by Crippen LogP contribution is 2.37. The molecule has 2 heteroatoms. The summed E-state index contributed by atoms with van der Waals surface area (Å²) in [4.78, 5) is 2.75. The van der Waals surface area contributed by atoms with Crippen LogP contribution < -0.4 is 5.32 Å². The van der Waals surface area contributed by atoms with Crippen LogP contribution in [0.1, 0.15) is 59.8 Å². The fourth-order valence-corrected chi connectivity index (χ4v) is 4.18. The Balaban J connectivity index is 1.84. The van der Waals surface area contributed by atoms with Gasteiger partial charge in [0, 0.05) is 13.1 Å². The highest BCUT2D eigenvalue weighted by molar-refractivity contribution is 4.91. The van der Waals surface area contributed by atoms with E-state index in [0.29, 0.717) is 10.8 Å². The van der Waals surface area contributed by atoms with E-state index in [2.05, 4.69) is 37.9 Å². The number of hydrogen-bond acceptors (Lipinski definition) is 2. The lowest BCUT2D eigenvalue weighted by Crippen LogP contribution is -2.44. The van der Waals surface area contributed by atoms with Gasteiger partial charge < -0.3 is 10.2 Å². The predicted molar refractivity (Wildman–Crippen MR) is 83.4 cm³/mol. The van der Waals surface area contributed by atoms with Crippen LogP contribution in [-0.4, -0.2) is 37.6 Å². The summed E-state index contributed by atoms with van der Waals surface area (Å²) in [5, 5.41) is 3.59. The van der Waals surface area contributed by atoms with Crippen LogP contribution >= 0.6 is 0 Å². The standard InChI is InChI=1S/C17H34N2/c1-5-8-17(9-10-18-13-17)14-19-11-6-15(7-12-19)16(2,3)4/h15,18H,5-14H2,1-4H3. The Hall–Kier alpha value is -0.0800. The van der Waals surface area contributed by atoms with E-state index in [1.807, 2.05) is 0 Å². The van der Waals surface area contributed by atoms with Gasteiger partial charge in [0.1, 0.15) is 0 Å². The van der Waals surface area contributed by atoms with Crippen molar-refractivity contribution >= 4 is 0 Å². The van der Waals surface area contributed by atoms with E-state index < -0.39 is 0 Å². The summed E-state index contributed by atoms with van der Waals surface area (Å²) in [5.41, 5.74) is 1.09. The fourth-order valence-electron chi connectivity index (χ4n) is 4.18. The summed E-state index contributed by atoms with van der Waals surface area (Å²) in [6, 6.07) is 0. The summed E-state index contributed by atoms with van der Waals surface area (Å²) in [6.45, 7) is 16.0. The normalized spacial score (nSPS) is 30.9. The maximum absolute atomic E-state index is 3.59. The number of hydrogen-bond donors (Lipinski definition) is 1. The number of piperidine rings is 1.